The van der Waals surface area contributed by atoms with Crippen LogP contribution in [0.25, 0.3) is 5.69 Å². The van der Waals surface area contributed by atoms with Gasteiger partial charge in [-0.3, -0.25) is 14.3 Å². The lowest BCUT2D eigenvalue weighted by Crippen LogP contribution is -2.50. The van der Waals surface area contributed by atoms with Gasteiger partial charge in [-0.15, -0.1) is 21.5 Å². The number of hydrogen-bond donors (Lipinski definition) is 0. The Labute approximate surface area is 296 Å². The standard InChI is InChI=1S/C38H33F3N6OS2/c39-38(40,41)30-17-10-18-31(24-30)47-33(23-27-11-4-1-5-12-27)43-44-37(47)50-26-34-42-32(25-49-34)36(48)46-21-19-45(20-22-46)35(28-13-6-2-7-14-28)29-15-8-3-9-16-29/h1-18,24-25,35H,19-23,26H2. The van der Waals surface area contributed by atoms with Gasteiger partial charge >= 0.3 is 6.18 Å². The zero-order valence-electron chi connectivity index (χ0n) is 26.9. The van der Waals surface area contributed by atoms with Crippen LogP contribution in [0.15, 0.2) is 126 Å². The summed E-state index contributed by atoms with van der Waals surface area (Å²) in [6.45, 7) is 2.62. The zero-order chi connectivity index (χ0) is 34.5. The molecule has 1 saturated heterocycles. The predicted molar refractivity (Wildman–Crippen MR) is 189 cm³/mol. The van der Waals surface area contributed by atoms with E-state index in [1.54, 1.807) is 16.0 Å². The van der Waals surface area contributed by atoms with Crippen LogP contribution in [-0.4, -0.2) is 61.6 Å². The average molecular weight is 711 g/mol. The van der Waals surface area contributed by atoms with Gasteiger partial charge in [-0.05, 0) is 34.9 Å². The molecule has 0 aliphatic carbocycles. The third-order valence-electron chi connectivity index (χ3n) is 8.63. The molecule has 2 aromatic heterocycles. The minimum absolute atomic E-state index is 0.101. The van der Waals surface area contributed by atoms with E-state index < -0.39 is 11.7 Å². The molecule has 0 N–H and O–H groups in total. The van der Waals surface area contributed by atoms with Crippen molar-refractivity contribution >= 4 is 29.0 Å². The SMILES string of the molecule is O=C(c1csc(CSc2nnc(Cc3ccccc3)n2-c2cccc(C(F)(F)F)c2)n1)N1CCN(C(c2ccccc2)c2ccccc2)CC1. The van der Waals surface area contributed by atoms with E-state index >= 15 is 0 Å². The van der Waals surface area contributed by atoms with Crippen LogP contribution in [-0.2, 0) is 18.3 Å². The molecule has 254 valence electrons. The molecule has 1 amide bonds. The second-order valence-electron chi connectivity index (χ2n) is 11.9. The van der Waals surface area contributed by atoms with Crippen LogP contribution in [0.3, 0.4) is 0 Å². The molecule has 3 heterocycles. The van der Waals surface area contributed by atoms with E-state index in [2.05, 4.69) is 68.6 Å². The van der Waals surface area contributed by atoms with E-state index in [9.17, 15) is 18.0 Å². The molecular weight excluding hydrogens is 678 g/mol. The van der Waals surface area contributed by atoms with Gasteiger partial charge in [0.25, 0.3) is 5.91 Å². The van der Waals surface area contributed by atoms with E-state index in [0.717, 1.165) is 30.8 Å². The maximum atomic E-state index is 13.6. The molecule has 1 fully saturated rings. The molecule has 7 nitrogen and oxygen atoms in total. The summed E-state index contributed by atoms with van der Waals surface area (Å²) in [5, 5.41) is 11.7. The number of benzene rings is 4. The van der Waals surface area contributed by atoms with Crippen LogP contribution in [0.1, 0.15) is 49.6 Å². The minimum atomic E-state index is -4.49. The number of halogens is 3. The smallest absolute Gasteiger partial charge is 0.335 e. The van der Waals surface area contributed by atoms with Crippen molar-refractivity contribution in [2.45, 2.75) is 29.5 Å². The van der Waals surface area contributed by atoms with Gasteiger partial charge in [0.05, 0.1) is 23.0 Å². The van der Waals surface area contributed by atoms with Crippen molar-refractivity contribution in [3.05, 3.63) is 159 Å². The Morgan fingerprint density at radius 2 is 1.44 bits per heavy atom. The van der Waals surface area contributed by atoms with Crippen molar-refractivity contribution in [2.24, 2.45) is 0 Å². The molecule has 4 aromatic carbocycles. The second kappa shape index (κ2) is 15.0. The Kier molecular flexibility index (Phi) is 10.1. The molecule has 1 aliphatic rings. The lowest BCUT2D eigenvalue weighted by atomic mass is 9.96. The van der Waals surface area contributed by atoms with Gasteiger partial charge < -0.3 is 4.90 Å². The summed E-state index contributed by atoms with van der Waals surface area (Å²) in [5.74, 6) is 0.795. The van der Waals surface area contributed by atoms with Crippen molar-refractivity contribution in [3.8, 4) is 5.69 Å². The van der Waals surface area contributed by atoms with Gasteiger partial charge in [0, 0.05) is 38.0 Å². The Bertz CT molecular complexity index is 1990. The highest BCUT2D eigenvalue weighted by atomic mass is 32.2. The fourth-order valence-corrected chi connectivity index (χ4v) is 7.96. The number of carbonyl (C=O) groups excluding carboxylic acids is 1. The Hall–Kier alpha value is -4.78. The van der Waals surface area contributed by atoms with Crippen LogP contribution in [0.5, 0.6) is 0 Å². The zero-order valence-corrected chi connectivity index (χ0v) is 28.5. The Balaban J connectivity index is 1.04. The van der Waals surface area contributed by atoms with Gasteiger partial charge in [-0.25, -0.2) is 4.98 Å². The topological polar surface area (TPSA) is 67.2 Å². The lowest BCUT2D eigenvalue weighted by Gasteiger charge is -2.39. The van der Waals surface area contributed by atoms with Gasteiger partial charge in [-0.2, -0.15) is 13.2 Å². The molecule has 12 heteroatoms. The summed E-state index contributed by atoms with van der Waals surface area (Å²) in [7, 11) is 0. The number of piperazine rings is 1. The number of thioether (sulfide) groups is 1. The van der Waals surface area contributed by atoms with Crippen LogP contribution < -0.4 is 0 Å². The van der Waals surface area contributed by atoms with Crippen LogP contribution in [0, 0.1) is 0 Å². The molecule has 0 saturated carbocycles. The fourth-order valence-electron chi connectivity index (χ4n) is 6.20. The number of carbonyl (C=O) groups is 1. The molecule has 0 bridgehead atoms. The van der Waals surface area contributed by atoms with Crippen LogP contribution >= 0.6 is 23.1 Å². The molecule has 50 heavy (non-hydrogen) atoms. The fraction of sp³-hybridized carbons (Fsp3) is 0.211. The first kappa shape index (κ1) is 33.7. The minimum Gasteiger partial charge on any atom is -0.335 e. The van der Waals surface area contributed by atoms with Crippen molar-refractivity contribution in [1.29, 1.82) is 0 Å². The summed E-state index contributed by atoms with van der Waals surface area (Å²) in [4.78, 5) is 22.5. The highest BCUT2D eigenvalue weighted by Crippen LogP contribution is 2.33. The average Bonchev–Trinajstić information content (AvgIpc) is 3.79. The number of hydrogen-bond acceptors (Lipinski definition) is 7. The summed E-state index contributed by atoms with van der Waals surface area (Å²) < 4.78 is 42.6. The Morgan fingerprint density at radius 3 is 2.08 bits per heavy atom. The molecule has 0 spiro atoms. The summed E-state index contributed by atoms with van der Waals surface area (Å²) in [6, 6.07) is 35.8. The second-order valence-corrected chi connectivity index (χ2v) is 13.8. The Morgan fingerprint density at radius 1 is 0.800 bits per heavy atom. The third kappa shape index (κ3) is 7.67. The number of aromatic nitrogens is 4. The maximum Gasteiger partial charge on any atom is 0.416 e. The number of alkyl halides is 3. The van der Waals surface area contributed by atoms with Crippen LogP contribution in [0.4, 0.5) is 13.2 Å². The highest BCUT2D eigenvalue weighted by molar-refractivity contribution is 7.98. The van der Waals surface area contributed by atoms with E-state index in [0.29, 0.717) is 52.6 Å². The van der Waals surface area contributed by atoms with Gasteiger partial charge in [0.15, 0.2) is 5.16 Å². The van der Waals surface area contributed by atoms with E-state index in [1.165, 1.54) is 40.3 Å². The molecule has 7 rings (SSSR count). The van der Waals surface area contributed by atoms with Crippen molar-refractivity contribution in [2.75, 3.05) is 26.2 Å². The monoisotopic (exact) mass is 710 g/mol. The van der Waals surface area contributed by atoms with Gasteiger partial charge in [-0.1, -0.05) is 109 Å². The van der Waals surface area contributed by atoms with E-state index in [-0.39, 0.29) is 11.9 Å². The summed E-state index contributed by atoms with van der Waals surface area (Å²) in [5.41, 5.74) is 3.38. The van der Waals surface area contributed by atoms with Crippen LogP contribution in [0.2, 0.25) is 0 Å². The summed E-state index contributed by atoms with van der Waals surface area (Å²) in [6.07, 6.45) is -4.09. The largest absolute Gasteiger partial charge is 0.416 e. The van der Waals surface area contributed by atoms with Gasteiger partial charge in [0.1, 0.15) is 16.5 Å². The quantitative estimate of drug-likeness (QED) is 0.134. The predicted octanol–water partition coefficient (Wildman–Crippen LogP) is 8.17. The number of nitrogens with zero attached hydrogens (tertiary/aromatic N) is 6. The van der Waals surface area contributed by atoms with Gasteiger partial charge in [0.2, 0.25) is 0 Å². The molecular formula is C38H33F3N6OS2. The lowest BCUT2D eigenvalue weighted by molar-refractivity contribution is -0.137. The van der Waals surface area contributed by atoms with Crippen molar-refractivity contribution < 1.29 is 18.0 Å². The first-order chi connectivity index (χ1) is 24.3. The summed E-state index contributed by atoms with van der Waals surface area (Å²) >= 11 is 2.71. The van der Waals surface area contributed by atoms with Crippen molar-refractivity contribution in [3.63, 3.8) is 0 Å². The van der Waals surface area contributed by atoms with E-state index in [1.807, 2.05) is 47.4 Å². The number of amides is 1. The third-order valence-corrected chi connectivity index (χ3v) is 10.6. The first-order valence-corrected chi connectivity index (χ1v) is 18.1. The normalized spacial score (nSPS) is 14.0. The number of rotatable bonds is 10. The number of thiazole rings is 1. The van der Waals surface area contributed by atoms with E-state index in [4.69, 9.17) is 0 Å². The van der Waals surface area contributed by atoms with Crippen molar-refractivity contribution in [1.82, 2.24) is 29.5 Å². The highest BCUT2D eigenvalue weighted by Gasteiger charge is 2.32. The molecule has 6 aromatic rings. The maximum absolute atomic E-state index is 13.6. The molecule has 0 unspecified atom stereocenters. The molecule has 0 atom stereocenters. The molecule has 0 radical (unpaired) electrons. The molecule has 1 aliphatic heterocycles. The first-order valence-electron chi connectivity index (χ1n) is 16.2.